The highest BCUT2D eigenvalue weighted by Crippen LogP contribution is 2.55. The number of fused-ring (bicyclic) bond motifs is 1. The van der Waals surface area contributed by atoms with Crippen LogP contribution in [0, 0.1) is 17.8 Å². The molecule has 0 unspecified atom stereocenters. The van der Waals surface area contributed by atoms with E-state index in [4.69, 9.17) is 22.9 Å². The van der Waals surface area contributed by atoms with Gasteiger partial charge >= 0.3 is 19.5 Å². The standard InChI is InChI=1S/C32H55O9PSi/c1-10-28(42(36,37-11-2)38-12-3)31(35)40-27-20-25(41-43(8,9)32(5,6)7)17-22-14-13-21(4)26(30(22)27)16-15-24-18-23(33)19-29(34)39-24/h13-14,17,21,23-28,30,33H,10-12,15-16,18-20H2,1-9H3/t21-,23+,24+,25+,26-,27-,28-,30-/m0/s1. The average Bonchev–Trinajstić information content (AvgIpc) is 2.87. The van der Waals surface area contributed by atoms with E-state index >= 15 is 0 Å². The fourth-order valence-corrected chi connectivity index (χ4v) is 9.54. The van der Waals surface area contributed by atoms with Gasteiger partial charge in [0.1, 0.15) is 12.2 Å². The van der Waals surface area contributed by atoms with Crippen molar-refractivity contribution in [2.24, 2.45) is 17.8 Å². The lowest BCUT2D eigenvalue weighted by Crippen LogP contribution is -2.48. The number of hydrogen-bond donors (Lipinski definition) is 1. The minimum absolute atomic E-state index is 0.00487. The number of carbonyl (C=O) groups is 2. The van der Waals surface area contributed by atoms with Crippen molar-refractivity contribution in [3.63, 3.8) is 0 Å². The van der Waals surface area contributed by atoms with Crippen molar-refractivity contribution in [1.29, 1.82) is 0 Å². The van der Waals surface area contributed by atoms with Gasteiger partial charge < -0.3 is 28.1 Å². The lowest BCUT2D eigenvalue weighted by molar-refractivity contribution is -0.161. The molecule has 1 heterocycles. The maximum absolute atomic E-state index is 13.8. The zero-order valence-electron chi connectivity index (χ0n) is 27.7. The Labute approximate surface area is 259 Å². The first-order chi connectivity index (χ1) is 20.0. The van der Waals surface area contributed by atoms with E-state index in [1.54, 1.807) is 20.8 Å². The highest BCUT2D eigenvalue weighted by Gasteiger charge is 2.48. The first-order valence-corrected chi connectivity index (χ1v) is 20.6. The van der Waals surface area contributed by atoms with E-state index in [1.807, 2.05) is 0 Å². The van der Waals surface area contributed by atoms with E-state index in [1.165, 1.54) is 0 Å². The molecule has 8 atom stereocenters. The number of cyclic esters (lactones) is 1. The molecule has 43 heavy (non-hydrogen) atoms. The topological polar surface area (TPSA) is 118 Å². The molecule has 2 aliphatic carbocycles. The molecule has 0 aromatic carbocycles. The van der Waals surface area contributed by atoms with E-state index in [9.17, 15) is 19.3 Å². The van der Waals surface area contributed by atoms with Gasteiger partial charge in [0.15, 0.2) is 14.0 Å². The Morgan fingerprint density at radius 2 is 1.79 bits per heavy atom. The summed E-state index contributed by atoms with van der Waals surface area (Å²) in [6, 6.07) is 0. The summed E-state index contributed by atoms with van der Waals surface area (Å²) in [6.45, 7) is 18.8. The molecule has 0 bridgehead atoms. The molecule has 3 aliphatic rings. The van der Waals surface area contributed by atoms with Crippen LogP contribution in [0.4, 0.5) is 0 Å². The van der Waals surface area contributed by atoms with Gasteiger partial charge in [-0.1, -0.05) is 52.8 Å². The van der Waals surface area contributed by atoms with Crippen LogP contribution in [0.15, 0.2) is 23.8 Å². The average molecular weight is 643 g/mol. The summed E-state index contributed by atoms with van der Waals surface area (Å²) in [5.41, 5.74) is 0.0436. The summed E-state index contributed by atoms with van der Waals surface area (Å²) in [5.74, 6) is -0.759. The van der Waals surface area contributed by atoms with Crippen LogP contribution in [0.1, 0.15) is 87.0 Å². The van der Waals surface area contributed by atoms with Crippen LogP contribution >= 0.6 is 7.60 Å². The second-order valence-electron chi connectivity index (χ2n) is 13.8. The number of allylic oxidation sites excluding steroid dienone is 2. The van der Waals surface area contributed by atoms with Crippen LogP contribution in [0.3, 0.4) is 0 Å². The van der Waals surface area contributed by atoms with Crippen LogP contribution in [0.2, 0.25) is 18.1 Å². The molecular weight excluding hydrogens is 587 g/mol. The van der Waals surface area contributed by atoms with Crippen molar-refractivity contribution in [1.82, 2.24) is 0 Å². The maximum atomic E-state index is 13.8. The molecular formula is C32H55O9PSi. The maximum Gasteiger partial charge on any atom is 0.344 e. The molecule has 0 aromatic rings. The highest BCUT2D eigenvalue weighted by molar-refractivity contribution is 7.55. The van der Waals surface area contributed by atoms with Gasteiger partial charge in [0.25, 0.3) is 0 Å². The Bertz CT molecular complexity index is 1070. The Hall–Kier alpha value is -1.29. The van der Waals surface area contributed by atoms with E-state index in [-0.39, 0.29) is 67.0 Å². The Morgan fingerprint density at radius 1 is 1.14 bits per heavy atom. The lowest BCUT2D eigenvalue weighted by atomic mass is 9.66. The van der Waals surface area contributed by atoms with Crippen LogP contribution in [0.5, 0.6) is 0 Å². The molecule has 1 N–H and O–H groups in total. The molecule has 0 radical (unpaired) electrons. The zero-order valence-corrected chi connectivity index (χ0v) is 29.6. The smallest absolute Gasteiger partial charge is 0.344 e. The van der Waals surface area contributed by atoms with Gasteiger partial charge in [-0.3, -0.25) is 14.2 Å². The number of aliphatic hydroxyl groups is 1. The number of aliphatic hydroxyl groups excluding tert-OH is 1. The molecule has 9 nitrogen and oxygen atoms in total. The van der Waals surface area contributed by atoms with Crippen molar-refractivity contribution in [2.75, 3.05) is 13.2 Å². The van der Waals surface area contributed by atoms with Crippen LogP contribution in [0.25, 0.3) is 0 Å². The van der Waals surface area contributed by atoms with Crippen molar-refractivity contribution in [2.45, 2.75) is 135 Å². The first-order valence-electron chi connectivity index (χ1n) is 16.1. The molecule has 0 spiro atoms. The minimum Gasteiger partial charge on any atom is -0.462 e. The van der Waals surface area contributed by atoms with E-state index in [0.717, 1.165) is 12.0 Å². The van der Waals surface area contributed by atoms with E-state index in [2.05, 4.69) is 59.0 Å². The molecule has 1 saturated heterocycles. The highest BCUT2D eigenvalue weighted by atomic mass is 31.2. The van der Waals surface area contributed by atoms with Crippen LogP contribution in [-0.2, 0) is 37.1 Å². The van der Waals surface area contributed by atoms with Gasteiger partial charge in [-0.2, -0.15) is 0 Å². The van der Waals surface area contributed by atoms with Crippen LogP contribution < -0.4 is 0 Å². The van der Waals surface area contributed by atoms with Gasteiger partial charge in [0.05, 0.1) is 31.8 Å². The predicted octanol–water partition coefficient (Wildman–Crippen LogP) is 6.95. The monoisotopic (exact) mass is 642 g/mol. The largest absolute Gasteiger partial charge is 0.462 e. The van der Waals surface area contributed by atoms with Crippen molar-refractivity contribution >= 4 is 27.9 Å². The van der Waals surface area contributed by atoms with E-state index in [0.29, 0.717) is 19.3 Å². The first kappa shape index (κ1) is 36.2. The summed E-state index contributed by atoms with van der Waals surface area (Å²) >= 11 is 0. The molecule has 3 rings (SSSR count). The summed E-state index contributed by atoms with van der Waals surface area (Å²) in [6.07, 6.45) is 7.30. The SMILES string of the molecule is CCOP(=O)(OCC)[C@@H](CC)C(=O)O[C@H]1C[C@H](O[Si](C)(C)C(C)(C)C)C=C2C=C[C@H](C)[C@H](CC[C@@H]3C[C@@H](O)CC(=O)O3)[C@H]21. The van der Waals surface area contributed by atoms with Crippen LogP contribution in [-0.4, -0.2) is 68.7 Å². The predicted molar refractivity (Wildman–Crippen MR) is 169 cm³/mol. The van der Waals surface area contributed by atoms with Crippen molar-refractivity contribution in [3.05, 3.63) is 23.8 Å². The fourth-order valence-electron chi connectivity index (χ4n) is 6.35. The van der Waals surface area contributed by atoms with Gasteiger partial charge in [-0.25, -0.2) is 0 Å². The Morgan fingerprint density at radius 3 is 2.35 bits per heavy atom. The van der Waals surface area contributed by atoms with Gasteiger partial charge in [0, 0.05) is 18.8 Å². The second-order valence-corrected chi connectivity index (χ2v) is 20.8. The third kappa shape index (κ3) is 8.92. The van der Waals surface area contributed by atoms with Crippen molar-refractivity contribution in [3.8, 4) is 0 Å². The molecule has 246 valence electrons. The quantitative estimate of drug-likeness (QED) is 0.129. The number of rotatable bonds is 13. The minimum atomic E-state index is -3.73. The molecule has 0 amide bonds. The number of ether oxygens (including phenoxy) is 2. The molecule has 0 saturated carbocycles. The summed E-state index contributed by atoms with van der Waals surface area (Å²) in [5, 5.41) is 10.1. The zero-order chi connectivity index (χ0) is 32.2. The summed E-state index contributed by atoms with van der Waals surface area (Å²) in [7, 11) is -5.88. The summed E-state index contributed by atoms with van der Waals surface area (Å²) in [4.78, 5) is 25.8. The third-order valence-corrected chi connectivity index (χ3v) is 16.7. The number of esters is 2. The fraction of sp³-hybridized carbons (Fsp3) is 0.812. The molecule has 1 fully saturated rings. The summed E-state index contributed by atoms with van der Waals surface area (Å²) < 4.78 is 43.5. The van der Waals surface area contributed by atoms with Gasteiger partial charge in [0.2, 0.25) is 0 Å². The second kappa shape index (κ2) is 14.9. The molecule has 0 aromatic heterocycles. The number of carbonyl (C=O) groups excluding carboxylic acids is 2. The molecule has 11 heteroatoms. The number of hydrogen-bond acceptors (Lipinski definition) is 9. The third-order valence-electron chi connectivity index (χ3n) is 9.59. The Kier molecular flexibility index (Phi) is 12.5. The molecule has 1 aliphatic heterocycles. The lowest BCUT2D eigenvalue weighted by Gasteiger charge is -2.46. The van der Waals surface area contributed by atoms with E-state index < -0.39 is 39.7 Å². The normalized spacial score (nSPS) is 30.7. The van der Waals surface area contributed by atoms with Gasteiger partial charge in [-0.15, -0.1) is 0 Å². The Balaban J connectivity index is 1.94. The van der Waals surface area contributed by atoms with Gasteiger partial charge in [-0.05, 0) is 68.7 Å². The van der Waals surface area contributed by atoms with Crippen molar-refractivity contribution < 1.29 is 42.2 Å².